The smallest absolute Gasteiger partial charge is 0.247 e. The minimum absolute atomic E-state index is 0.129. The van der Waals surface area contributed by atoms with Gasteiger partial charge in [0, 0.05) is 24.2 Å². The SMILES string of the molecule is CCCCCCc1c(C)nn(C(=O)CCC(=O)Nc2ccc(C)cc2C)c1C. The Morgan fingerprint density at radius 3 is 2.46 bits per heavy atom. The highest BCUT2D eigenvalue weighted by atomic mass is 16.2. The van der Waals surface area contributed by atoms with Crippen LogP contribution in [0.25, 0.3) is 0 Å². The molecule has 0 saturated heterocycles. The fourth-order valence-electron chi connectivity index (χ4n) is 3.50. The van der Waals surface area contributed by atoms with Gasteiger partial charge in [0.15, 0.2) is 0 Å². The molecule has 0 bridgehead atoms. The van der Waals surface area contributed by atoms with Crippen molar-refractivity contribution in [3.05, 3.63) is 46.3 Å². The fourth-order valence-corrected chi connectivity index (χ4v) is 3.50. The summed E-state index contributed by atoms with van der Waals surface area (Å²) >= 11 is 0. The first kappa shape index (κ1) is 21.9. The van der Waals surface area contributed by atoms with Crippen LogP contribution in [0.15, 0.2) is 18.2 Å². The van der Waals surface area contributed by atoms with E-state index >= 15 is 0 Å². The zero-order valence-electron chi connectivity index (χ0n) is 17.9. The summed E-state index contributed by atoms with van der Waals surface area (Å²) in [7, 11) is 0. The number of hydrogen-bond acceptors (Lipinski definition) is 3. The molecule has 1 amide bonds. The molecule has 0 atom stereocenters. The molecule has 0 aliphatic rings. The number of benzene rings is 1. The summed E-state index contributed by atoms with van der Waals surface area (Å²) in [6, 6.07) is 5.89. The van der Waals surface area contributed by atoms with E-state index in [4.69, 9.17) is 0 Å². The first-order valence-electron chi connectivity index (χ1n) is 10.3. The largest absolute Gasteiger partial charge is 0.326 e. The van der Waals surface area contributed by atoms with Crippen molar-refractivity contribution in [3.8, 4) is 0 Å². The van der Waals surface area contributed by atoms with Crippen LogP contribution in [0, 0.1) is 27.7 Å². The Labute approximate surface area is 168 Å². The molecular weight excluding hydrogens is 350 g/mol. The maximum Gasteiger partial charge on any atom is 0.247 e. The van der Waals surface area contributed by atoms with Gasteiger partial charge in [-0.2, -0.15) is 5.10 Å². The van der Waals surface area contributed by atoms with Gasteiger partial charge in [-0.05, 0) is 57.7 Å². The van der Waals surface area contributed by atoms with Crippen LogP contribution in [-0.4, -0.2) is 21.6 Å². The lowest BCUT2D eigenvalue weighted by Crippen LogP contribution is -2.19. The van der Waals surface area contributed by atoms with Gasteiger partial charge in [-0.3, -0.25) is 9.59 Å². The van der Waals surface area contributed by atoms with Crippen LogP contribution < -0.4 is 5.32 Å². The molecule has 0 radical (unpaired) electrons. The van der Waals surface area contributed by atoms with Gasteiger partial charge in [0.05, 0.1) is 5.69 Å². The number of hydrogen-bond donors (Lipinski definition) is 1. The molecule has 0 saturated carbocycles. The van der Waals surface area contributed by atoms with E-state index in [1.54, 1.807) is 0 Å². The van der Waals surface area contributed by atoms with Gasteiger partial charge in [0.2, 0.25) is 11.8 Å². The molecule has 28 heavy (non-hydrogen) atoms. The number of nitrogens with one attached hydrogen (secondary N) is 1. The number of anilines is 1. The topological polar surface area (TPSA) is 64.0 Å². The van der Waals surface area contributed by atoms with Crippen LogP contribution in [0.5, 0.6) is 0 Å². The van der Waals surface area contributed by atoms with Crippen molar-refractivity contribution in [3.63, 3.8) is 0 Å². The Morgan fingerprint density at radius 1 is 1.04 bits per heavy atom. The number of carbonyl (C=O) groups is 2. The maximum absolute atomic E-state index is 12.6. The summed E-state index contributed by atoms with van der Waals surface area (Å²) in [5.74, 6) is -0.280. The molecule has 1 N–H and O–H groups in total. The number of aromatic nitrogens is 2. The molecule has 0 fully saturated rings. The highest BCUT2D eigenvalue weighted by molar-refractivity contribution is 5.94. The Hall–Kier alpha value is -2.43. The molecule has 0 unspecified atom stereocenters. The average molecular weight is 384 g/mol. The van der Waals surface area contributed by atoms with Crippen molar-refractivity contribution >= 4 is 17.5 Å². The van der Waals surface area contributed by atoms with E-state index in [1.807, 2.05) is 45.9 Å². The third-order valence-corrected chi connectivity index (χ3v) is 5.18. The molecule has 1 heterocycles. The minimum Gasteiger partial charge on any atom is -0.326 e. The Morgan fingerprint density at radius 2 is 1.79 bits per heavy atom. The zero-order chi connectivity index (χ0) is 20.7. The molecule has 2 aromatic rings. The summed E-state index contributed by atoms with van der Waals surface area (Å²) in [5, 5.41) is 7.32. The molecule has 0 aliphatic carbocycles. The normalized spacial score (nSPS) is 10.9. The van der Waals surface area contributed by atoms with Gasteiger partial charge < -0.3 is 5.32 Å². The van der Waals surface area contributed by atoms with Gasteiger partial charge in [0.25, 0.3) is 0 Å². The van der Waals surface area contributed by atoms with Gasteiger partial charge >= 0.3 is 0 Å². The summed E-state index contributed by atoms with van der Waals surface area (Å²) < 4.78 is 1.48. The van der Waals surface area contributed by atoms with Crippen LogP contribution in [0.4, 0.5) is 5.69 Å². The van der Waals surface area contributed by atoms with Crippen LogP contribution in [0.3, 0.4) is 0 Å². The van der Waals surface area contributed by atoms with Gasteiger partial charge in [-0.1, -0.05) is 43.9 Å². The van der Waals surface area contributed by atoms with Crippen molar-refractivity contribution in [2.75, 3.05) is 5.32 Å². The average Bonchev–Trinajstić information content (AvgIpc) is 2.93. The van der Waals surface area contributed by atoms with Crippen molar-refractivity contribution in [1.82, 2.24) is 9.78 Å². The lowest BCUT2D eigenvalue weighted by atomic mass is 10.0. The second-order valence-corrected chi connectivity index (χ2v) is 7.63. The molecule has 0 spiro atoms. The van der Waals surface area contributed by atoms with Gasteiger partial charge in [0.1, 0.15) is 0 Å². The lowest BCUT2D eigenvalue weighted by molar-refractivity contribution is -0.116. The van der Waals surface area contributed by atoms with Gasteiger partial charge in [-0.25, -0.2) is 4.68 Å². The molecule has 1 aromatic carbocycles. The second kappa shape index (κ2) is 10.2. The predicted octanol–water partition coefficient (Wildman–Crippen LogP) is 5.30. The van der Waals surface area contributed by atoms with E-state index in [0.717, 1.165) is 41.0 Å². The van der Waals surface area contributed by atoms with E-state index in [9.17, 15) is 9.59 Å². The van der Waals surface area contributed by atoms with E-state index < -0.39 is 0 Å². The van der Waals surface area contributed by atoms with E-state index in [2.05, 4.69) is 17.3 Å². The van der Waals surface area contributed by atoms with E-state index in [-0.39, 0.29) is 24.7 Å². The third kappa shape index (κ3) is 5.78. The van der Waals surface area contributed by atoms with Crippen LogP contribution in [-0.2, 0) is 11.2 Å². The van der Waals surface area contributed by atoms with Crippen molar-refractivity contribution in [2.45, 2.75) is 79.6 Å². The highest BCUT2D eigenvalue weighted by Crippen LogP contribution is 2.19. The first-order valence-corrected chi connectivity index (χ1v) is 10.3. The molecule has 1 aromatic heterocycles. The van der Waals surface area contributed by atoms with Crippen molar-refractivity contribution in [2.24, 2.45) is 0 Å². The standard InChI is InChI=1S/C23H33N3O2/c1-6-7-8-9-10-20-18(4)25-26(19(20)5)23(28)14-13-22(27)24-21-12-11-16(2)15-17(21)3/h11-12,15H,6-10,13-14H2,1-5H3,(H,24,27). The van der Waals surface area contributed by atoms with Crippen molar-refractivity contribution in [1.29, 1.82) is 0 Å². The van der Waals surface area contributed by atoms with Crippen molar-refractivity contribution < 1.29 is 9.59 Å². The number of unbranched alkanes of at least 4 members (excludes halogenated alkanes) is 3. The van der Waals surface area contributed by atoms with Crippen LogP contribution in [0.2, 0.25) is 0 Å². The minimum atomic E-state index is -0.151. The summed E-state index contributed by atoms with van der Waals surface area (Å²) in [4.78, 5) is 24.8. The number of aryl methyl sites for hydroxylation is 3. The molecular formula is C23H33N3O2. The summed E-state index contributed by atoms with van der Waals surface area (Å²) in [6.45, 7) is 10.1. The molecule has 0 aliphatic heterocycles. The van der Waals surface area contributed by atoms with Crippen LogP contribution >= 0.6 is 0 Å². The van der Waals surface area contributed by atoms with E-state index in [1.165, 1.54) is 29.5 Å². The monoisotopic (exact) mass is 383 g/mol. The predicted molar refractivity (Wildman–Crippen MR) is 114 cm³/mol. The number of carbonyl (C=O) groups excluding carboxylic acids is 2. The molecule has 5 heteroatoms. The Kier molecular flexibility index (Phi) is 7.97. The van der Waals surface area contributed by atoms with Crippen LogP contribution in [0.1, 0.15) is 78.3 Å². The highest BCUT2D eigenvalue weighted by Gasteiger charge is 2.17. The van der Waals surface area contributed by atoms with Gasteiger partial charge in [-0.15, -0.1) is 0 Å². The molecule has 152 valence electrons. The number of nitrogens with zero attached hydrogens (tertiary/aromatic N) is 2. The number of rotatable bonds is 9. The number of amides is 1. The first-order chi connectivity index (χ1) is 13.3. The summed E-state index contributed by atoms with van der Waals surface area (Å²) in [5.41, 5.74) is 5.97. The lowest BCUT2D eigenvalue weighted by Gasteiger charge is -2.09. The molecule has 5 nitrogen and oxygen atoms in total. The fraction of sp³-hybridized carbons (Fsp3) is 0.522. The Balaban J connectivity index is 1.92. The maximum atomic E-state index is 12.6. The third-order valence-electron chi connectivity index (χ3n) is 5.18. The van der Waals surface area contributed by atoms with E-state index in [0.29, 0.717) is 0 Å². The second-order valence-electron chi connectivity index (χ2n) is 7.63. The molecule has 2 rings (SSSR count). The Bertz CT molecular complexity index is 837. The zero-order valence-corrected chi connectivity index (χ0v) is 17.9. The summed E-state index contributed by atoms with van der Waals surface area (Å²) in [6.07, 6.45) is 6.02. The quantitative estimate of drug-likeness (QED) is 0.598.